The Hall–Kier alpha value is -4.38. The van der Waals surface area contributed by atoms with Crippen LogP contribution in [0.25, 0.3) is 4.85 Å². The van der Waals surface area contributed by atoms with E-state index in [9.17, 15) is 14.7 Å². The summed E-state index contributed by atoms with van der Waals surface area (Å²) >= 11 is 0. The zero-order valence-corrected chi connectivity index (χ0v) is 20.4. The first kappa shape index (κ1) is 26.2. The van der Waals surface area contributed by atoms with Crippen molar-refractivity contribution >= 4 is 17.6 Å². The van der Waals surface area contributed by atoms with Crippen LogP contribution in [0.1, 0.15) is 49.0 Å². The maximum atomic E-state index is 12.3. The van der Waals surface area contributed by atoms with Crippen LogP contribution in [-0.4, -0.2) is 34.1 Å². The molecule has 3 aromatic rings. The smallest absolute Gasteiger partial charge is 0.337 e. The highest BCUT2D eigenvalue weighted by atomic mass is 16.5. The Morgan fingerprint density at radius 3 is 2.42 bits per heavy atom. The van der Waals surface area contributed by atoms with Crippen molar-refractivity contribution in [2.75, 3.05) is 11.9 Å². The molecule has 0 saturated carbocycles. The Morgan fingerprint density at radius 1 is 1.03 bits per heavy atom. The molecule has 0 saturated heterocycles. The summed E-state index contributed by atoms with van der Waals surface area (Å²) in [5.74, 6) is 0.275. The summed E-state index contributed by atoms with van der Waals surface area (Å²) in [5, 5.41) is 11.9. The second-order valence-corrected chi connectivity index (χ2v) is 8.88. The van der Waals surface area contributed by atoms with Gasteiger partial charge in [0.2, 0.25) is 17.3 Å². The van der Waals surface area contributed by atoms with Gasteiger partial charge in [0.15, 0.2) is 0 Å². The largest absolute Gasteiger partial charge is 0.494 e. The van der Waals surface area contributed by atoms with E-state index in [-0.39, 0.29) is 29.1 Å². The maximum Gasteiger partial charge on any atom is 0.337 e. The van der Waals surface area contributed by atoms with Gasteiger partial charge < -0.3 is 24.7 Å². The highest BCUT2D eigenvalue weighted by molar-refractivity contribution is 6.00. The van der Waals surface area contributed by atoms with Crippen molar-refractivity contribution in [1.29, 1.82) is 0 Å². The fraction of sp³-hybridized carbons (Fsp3) is 0.286. The molecule has 1 aromatic heterocycles. The normalized spacial score (nSPS) is 10.8. The number of carboxylic acid groups (broad SMARTS) is 1. The molecule has 1 heterocycles. The molecule has 2 aromatic carbocycles. The van der Waals surface area contributed by atoms with Crippen LogP contribution in [0.3, 0.4) is 0 Å². The number of unbranched alkanes of at least 4 members (excludes halogenated alkanes) is 1. The minimum atomic E-state index is -1.11. The fourth-order valence-electron chi connectivity index (χ4n) is 3.36. The van der Waals surface area contributed by atoms with Crippen LogP contribution in [0.15, 0.2) is 66.9 Å². The van der Waals surface area contributed by atoms with Crippen LogP contribution >= 0.6 is 0 Å². The topological polar surface area (TPSA) is 102 Å². The van der Waals surface area contributed by atoms with Gasteiger partial charge in [-0.3, -0.25) is 4.79 Å². The van der Waals surface area contributed by atoms with E-state index in [0.717, 1.165) is 25.0 Å². The number of aromatic carboxylic acids is 1. The third-order valence-corrected chi connectivity index (χ3v) is 5.39. The lowest BCUT2D eigenvalue weighted by Crippen LogP contribution is -2.16. The number of nitrogens with one attached hydrogen (secondary N) is 1. The average molecular weight is 488 g/mol. The molecule has 0 aliphatic carbocycles. The number of carbonyl (C=O) groups excluding carboxylic acids is 1. The minimum absolute atomic E-state index is 0.0322. The SMILES string of the molecule is [C-]#[N+]C(C)(C)CCCCOc1ccc(Oc2ccc(CC(=O)Nc3ccccc3C(=O)O)cn2)cc1. The number of aromatic nitrogens is 1. The van der Waals surface area contributed by atoms with Crippen molar-refractivity contribution < 1.29 is 24.2 Å². The standard InChI is InChI=1S/C28H29N3O5/c1-28(2,29-3)16-6-7-17-35-21-11-13-22(14-12-21)36-26-15-10-20(19-30-26)18-25(32)31-24-9-5-4-8-23(24)27(33)34/h4-5,8-15,19H,6-7,16-18H2,1-2H3,(H,31,32)(H,33,34). The number of carbonyl (C=O) groups is 2. The number of para-hydroxylation sites is 1. The lowest BCUT2D eigenvalue weighted by Gasteiger charge is -2.11. The Morgan fingerprint density at radius 2 is 1.75 bits per heavy atom. The van der Waals surface area contributed by atoms with Crippen LogP contribution in [-0.2, 0) is 11.2 Å². The van der Waals surface area contributed by atoms with Gasteiger partial charge in [0.05, 0.1) is 24.3 Å². The number of rotatable bonds is 12. The molecule has 0 spiro atoms. The lowest BCUT2D eigenvalue weighted by atomic mass is 9.99. The number of pyridine rings is 1. The summed E-state index contributed by atoms with van der Waals surface area (Å²) in [6.45, 7) is 11.6. The van der Waals surface area contributed by atoms with E-state index >= 15 is 0 Å². The molecule has 3 rings (SSSR count). The molecule has 0 aliphatic heterocycles. The van der Waals surface area contributed by atoms with Crippen molar-refractivity contribution in [3.63, 3.8) is 0 Å². The molecular weight excluding hydrogens is 458 g/mol. The minimum Gasteiger partial charge on any atom is -0.494 e. The predicted molar refractivity (Wildman–Crippen MR) is 137 cm³/mol. The monoisotopic (exact) mass is 487 g/mol. The van der Waals surface area contributed by atoms with Gasteiger partial charge in [0, 0.05) is 32.5 Å². The Bertz CT molecular complexity index is 1220. The Labute approximate surface area is 210 Å². The molecule has 36 heavy (non-hydrogen) atoms. The molecule has 2 N–H and O–H groups in total. The molecule has 0 atom stereocenters. The van der Waals surface area contributed by atoms with Crippen LogP contribution in [0.4, 0.5) is 5.69 Å². The zero-order chi connectivity index (χ0) is 26.0. The average Bonchev–Trinajstić information content (AvgIpc) is 2.86. The fourth-order valence-corrected chi connectivity index (χ4v) is 3.36. The van der Waals surface area contributed by atoms with E-state index in [4.69, 9.17) is 16.0 Å². The lowest BCUT2D eigenvalue weighted by molar-refractivity contribution is -0.115. The first-order valence-electron chi connectivity index (χ1n) is 11.6. The quantitative estimate of drug-likeness (QED) is 0.240. The summed E-state index contributed by atoms with van der Waals surface area (Å²) < 4.78 is 11.5. The molecular formula is C28H29N3O5. The Kier molecular flexibility index (Phi) is 9.01. The summed E-state index contributed by atoms with van der Waals surface area (Å²) in [4.78, 5) is 31.5. The highest BCUT2D eigenvalue weighted by Gasteiger charge is 2.21. The van der Waals surface area contributed by atoms with Crippen LogP contribution in [0, 0.1) is 6.57 Å². The molecule has 186 valence electrons. The molecule has 0 aliphatic rings. The molecule has 8 nitrogen and oxygen atoms in total. The molecule has 0 fully saturated rings. The van der Waals surface area contributed by atoms with Gasteiger partial charge in [0.25, 0.3) is 0 Å². The first-order chi connectivity index (χ1) is 17.3. The highest BCUT2D eigenvalue weighted by Crippen LogP contribution is 2.23. The molecule has 0 radical (unpaired) electrons. The summed E-state index contributed by atoms with van der Waals surface area (Å²) in [5.41, 5.74) is 0.631. The number of carboxylic acids is 1. The van der Waals surface area contributed by atoms with Crippen LogP contribution < -0.4 is 14.8 Å². The van der Waals surface area contributed by atoms with E-state index in [1.807, 2.05) is 26.0 Å². The van der Waals surface area contributed by atoms with E-state index in [2.05, 4.69) is 15.1 Å². The van der Waals surface area contributed by atoms with Gasteiger partial charge in [-0.15, -0.1) is 0 Å². The van der Waals surface area contributed by atoms with Gasteiger partial charge in [-0.1, -0.05) is 18.2 Å². The number of anilines is 1. The van der Waals surface area contributed by atoms with Gasteiger partial charge in [-0.05, 0) is 54.8 Å². The van der Waals surface area contributed by atoms with Gasteiger partial charge in [-0.2, -0.15) is 0 Å². The third-order valence-electron chi connectivity index (χ3n) is 5.39. The number of benzene rings is 2. The first-order valence-corrected chi connectivity index (χ1v) is 11.6. The van der Waals surface area contributed by atoms with Crippen molar-refractivity contribution in [1.82, 2.24) is 4.98 Å². The van der Waals surface area contributed by atoms with E-state index < -0.39 is 5.97 Å². The number of hydrogen-bond donors (Lipinski definition) is 2. The van der Waals surface area contributed by atoms with Gasteiger partial charge >= 0.3 is 5.97 Å². The summed E-state index contributed by atoms with van der Waals surface area (Å²) in [7, 11) is 0. The van der Waals surface area contributed by atoms with E-state index in [1.165, 1.54) is 6.07 Å². The second-order valence-electron chi connectivity index (χ2n) is 8.88. The second kappa shape index (κ2) is 12.4. The van der Waals surface area contributed by atoms with Crippen molar-refractivity contribution in [3.8, 4) is 17.4 Å². The molecule has 0 bridgehead atoms. The molecule has 1 amide bonds. The number of nitrogens with zero attached hydrogens (tertiary/aromatic N) is 2. The number of amides is 1. The van der Waals surface area contributed by atoms with Crippen molar-refractivity contribution in [2.24, 2.45) is 0 Å². The van der Waals surface area contributed by atoms with E-state index in [0.29, 0.717) is 23.8 Å². The van der Waals surface area contributed by atoms with Crippen LogP contribution in [0.2, 0.25) is 0 Å². The zero-order valence-electron chi connectivity index (χ0n) is 20.4. The van der Waals surface area contributed by atoms with Crippen molar-refractivity contribution in [2.45, 2.75) is 45.1 Å². The van der Waals surface area contributed by atoms with Gasteiger partial charge in [-0.25, -0.2) is 16.4 Å². The summed E-state index contributed by atoms with van der Waals surface area (Å²) in [6.07, 6.45) is 4.27. The predicted octanol–water partition coefficient (Wildman–Crippen LogP) is 6.00. The van der Waals surface area contributed by atoms with Crippen LogP contribution in [0.5, 0.6) is 17.4 Å². The number of hydrogen-bond acceptors (Lipinski definition) is 5. The van der Waals surface area contributed by atoms with Gasteiger partial charge in [0.1, 0.15) is 11.5 Å². The van der Waals surface area contributed by atoms with E-state index in [1.54, 1.807) is 48.7 Å². The number of ether oxygens (including phenoxy) is 2. The molecule has 8 heteroatoms. The Balaban J connectivity index is 1.45. The molecule has 0 unspecified atom stereocenters. The summed E-state index contributed by atoms with van der Waals surface area (Å²) in [6, 6.07) is 16.9. The van der Waals surface area contributed by atoms with Crippen molar-refractivity contribution in [3.05, 3.63) is 89.4 Å². The third kappa shape index (κ3) is 8.13. The maximum absolute atomic E-state index is 12.3.